The number of methoxy groups -OCH3 is 1. The largest absolute Gasteiger partial charge is 0.352 e. The second-order valence-electron chi connectivity index (χ2n) is 8.98. The van der Waals surface area contributed by atoms with E-state index in [1.165, 1.54) is 31.2 Å². The standard InChI is InChI=1S/C18H34N8O2S/c1-25(15-13-3-4-19-14(13)20-9-21-15)12-5-10-7-26(8-11(10)6-12)18(27)23-17-22-16(28-2)24-29-17/h10-17,19-22,24H,3-9H2,1-2H3,(H,23,27)/t10-,11+,12?,13?,14?,15?,16?,17?. The second kappa shape index (κ2) is 8.46. The summed E-state index contributed by atoms with van der Waals surface area (Å²) in [4.78, 5) is 17.3. The zero-order valence-corrected chi connectivity index (χ0v) is 18.0. The van der Waals surface area contributed by atoms with Gasteiger partial charge in [-0.2, -0.15) is 0 Å². The Kier molecular flexibility index (Phi) is 5.91. The molecule has 0 aromatic carbocycles. The van der Waals surface area contributed by atoms with Crippen molar-refractivity contribution in [3.63, 3.8) is 0 Å². The zero-order valence-electron chi connectivity index (χ0n) is 17.2. The first-order valence-corrected chi connectivity index (χ1v) is 11.7. The molecule has 5 fully saturated rings. The van der Waals surface area contributed by atoms with Gasteiger partial charge in [0, 0.05) is 38.8 Å². The zero-order chi connectivity index (χ0) is 20.0. The van der Waals surface area contributed by atoms with Crippen LogP contribution in [0.25, 0.3) is 0 Å². The minimum atomic E-state index is -0.224. The summed E-state index contributed by atoms with van der Waals surface area (Å²) in [5.74, 6) is 1.85. The number of hydrogen-bond donors (Lipinski definition) is 6. The van der Waals surface area contributed by atoms with E-state index >= 15 is 0 Å². The lowest BCUT2D eigenvalue weighted by atomic mass is 9.97. The van der Waals surface area contributed by atoms with E-state index in [0.29, 0.717) is 36.1 Å². The fraction of sp³-hybridized carbons (Fsp3) is 0.944. The Morgan fingerprint density at radius 2 is 2.00 bits per heavy atom. The molecule has 1 aliphatic carbocycles. The van der Waals surface area contributed by atoms with Crippen molar-refractivity contribution in [3.8, 4) is 0 Å². The van der Waals surface area contributed by atoms with Gasteiger partial charge in [0.1, 0.15) is 5.50 Å². The average molecular weight is 427 g/mol. The van der Waals surface area contributed by atoms with E-state index in [-0.39, 0.29) is 17.9 Å². The van der Waals surface area contributed by atoms with E-state index in [1.54, 1.807) is 7.11 Å². The van der Waals surface area contributed by atoms with Crippen molar-refractivity contribution in [1.29, 1.82) is 0 Å². The first-order valence-electron chi connectivity index (χ1n) is 10.8. The predicted molar refractivity (Wildman–Crippen MR) is 111 cm³/mol. The molecule has 0 aromatic heterocycles. The molecule has 6 N–H and O–H groups in total. The number of rotatable bonds is 4. The molecule has 0 aromatic rings. The molecule has 4 saturated heterocycles. The minimum absolute atomic E-state index is 0.0211. The number of likely N-dealkylation sites (tertiary alicyclic amines) is 1. The summed E-state index contributed by atoms with van der Waals surface area (Å²) in [6.45, 7) is 3.70. The van der Waals surface area contributed by atoms with Crippen molar-refractivity contribution in [3.05, 3.63) is 0 Å². The summed E-state index contributed by atoms with van der Waals surface area (Å²) in [5, 5.41) is 17.0. The fourth-order valence-corrected chi connectivity index (χ4v) is 6.65. The minimum Gasteiger partial charge on any atom is -0.352 e. The Labute approximate surface area is 176 Å². The van der Waals surface area contributed by atoms with Gasteiger partial charge in [0.05, 0.1) is 12.3 Å². The quantitative estimate of drug-likeness (QED) is 0.310. The molecule has 4 aliphatic heterocycles. The van der Waals surface area contributed by atoms with Crippen LogP contribution in [-0.4, -0.2) is 86.5 Å². The number of hydrogen-bond acceptors (Lipinski definition) is 9. The molecule has 0 radical (unpaired) electrons. The molecule has 1 saturated carbocycles. The van der Waals surface area contributed by atoms with E-state index in [1.807, 2.05) is 4.90 Å². The average Bonchev–Trinajstić information content (AvgIpc) is 3.48. The highest BCUT2D eigenvalue weighted by Gasteiger charge is 2.47. The van der Waals surface area contributed by atoms with Crippen LogP contribution in [0.15, 0.2) is 0 Å². The third-order valence-corrected chi connectivity index (χ3v) is 8.26. The predicted octanol–water partition coefficient (Wildman–Crippen LogP) is -1.20. The molecule has 6 unspecified atom stereocenters. The summed E-state index contributed by atoms with van der Waals surface area (Å²) in [6.07, 6.45) is 4.25. The van der Waals surface area contributed by atoms with Gasteiger partial charge in [-0.25, -0.2) is 14.8 Å². The van der Waals surface area contributed by atoms with Crippen molar-refractivity contribution in [2.24, 2.45) is 17.8 Å². The monoisotopic (exact) mass is 426 g/mol. The molecule has 5 rings (SSSR count). The van der Waals surface area contributed by atoms with Crippen molar-refractivity contribution < 1.29 is 9.53 Å². The van der Waals surface area contributed by atoms with Crippen LogP contribution in [0.4, 0.5) is 4.79 Å². The van der Waals surface area contributed by atoms with Crippen LogP contribution >= 0.6 is 11.9 Å². The lowest BCUT2D eigenvalue weighted by Gasteiger charge is -2.43. The van der Waals surface area contributed by atoms with Crippen molar-refractivity contribution in [2.75, 3.05) is 40.5 Å². The van der Waals surface area contributed by atoms with Gasteiger partial charge in [-0.1, -0.05) is 0 Å². The molecule has 4 heterocycles. The van der Waals surface area contributed by atoms with Crippen LogP contribution in [0.1, 0.15) is 19.3 Å². The summed E-state index contributed by atoms with van der Waals surface area (Å²) >= 11 is 1.44. The Morgan fingerprint density at radius 3 is 2.72 bits per heavy atom. The van der Waals surface area contributed by atoms with Crippen molar-refractivity contribution in [2.45, 2.75) is 49.5 Å². The number of carbonyl (C=O) groups is 1. The maximum atomic E-state index is 12.7. The maximum absolute atomic E-state index is 12.7. The molecule has 0 spiro atoms. The summed E-state index contributed by atoms with van der Waals surface area (Å²) in [6, 6.07) is 0.624. The normalized spacial score (nSPS) is 44.3. The van der Waals surface area contributed by atoms with E-state index in [4.69, 9.17) is 4.74 Å². The lowest BCUT2D eigenvalue weighted by Crippen LogP contribution is -2.64. The van der Waals surface area contributed by atoms with E-state index in [0.717, 1.165) is 26.3 Å². The topological polar surface area (TPSA) is 105 Å². The summed E-state index contributed by atoms with van der Waals surface area (Å²) < 4.78 is 8.28. The number of ether oxygens (including phenoxy) is 1. The molecule has 11 heteroatoms. The Morgan fingerprint density at radius 1 is 1.21 bits per heavy atom. The molecule has 0 bridgehead atoms. The third-order valence-electron chi connectivity index (χ3n) is 7.42. The van der Waals surface area contributed by atoms with Crippen LogP contribution in [0.2, 0.25) is 0 Å². The first-order chi connectivity index (χ1) is 14.1. The number of urea groups is 1. The fourth-order valence-electron chi connectivity index (χ4n) is 5.88. The highest BCUT2D eigenvalue weighted by molar-refractivity contribution is 7.98. The molecule has 164 valence electrons. The Hall–Kier alpha value is -0.660. The van der Waals surface area contributed by atoms with Crippen LogP contribution < -0.4 is 31.3 Å². The van der Waals surface area contributed by atoms with Gasteiger partial charge in [-0.15, -0.1) is 0 Å². The highest BCUT2D eigenvalue weighted by atomic mass is 32.2. The summed E-state index contributed by atoms with van der Waals surface area (Å²) in [7, 11) is 3.92. The first kappa shape index (κ1) is 20.3. The second-order valence-corrected chi connectivity index (χ2v) is 9.92. The van der Waals surface area contributed by atoms with E-state index in [9.17, 15) is 4.79 Å². The summed E-state index contributed by atoms with van der Waals surface area (Å²) in [5.41, 5.74) is -0.161. The van der Waals surface area contributed by atoms with Gasteiger partial charge in [-0.3, -0.25) is 15.5 Å². The number of amides is 2. The maximum Gasteiger partial charge on any atom is 0.319 e. The smallest absolute Gasteiger partial charge is 0.319 e. The van der Waals surface area contributed by atoms with Gasteiger partial charge in [0.15, 0.2) is 6.35 Å². The number of fused-ring (bicyclic) bond motifs is 2. The SMILES string of the molecule is COC1NSC(NC(=O)N2C[C@H]3CC(N(C)C4NCNC5NCCC54)C[C@H]3C2)N1. The van der Waals surface area contributed by atoms with Crippen LogP contribution in [-0.2, 0) is 4.74 Å². The number of nitrogens with one attached hydrogen (secondary N) is 6. The van der Waals surface area contributed by atoms with Crippen LogP contribution in [0, 0.1) is 17.8 Å². The van der Waals surface area contributed by atoms with Gasteiger partial charge in [0.25, 0.3) is 0 Å². The third kappa shape index (κ3) is 3.99. The molecule has 8 atom stereocenters. The highest BCUT2D eigenvalue weighted by Crippen LogP contribution is 2.41. The van der Waals surface area contributed by atoms with Crippen LogP contribution in [0.5, 0.6) is 0 Å². The Balaban J connectivity index is 1.12. The van der Waals surface area contributed by atoms with Gasteiger partial charge < -0.3 is 20.3 Å². The van der Waals surface area contributed by atoms with Gasteiger partial charge in [-0.05, 0) is 56.6 Å². The lowest BCUT2D eigenvalue weighted by molar-refractivity contribution is 0.0547. The molecule has 29 heavy (non-hydrogen) atoms. The van der Waals surface area contributed by atoms with Gasteiger partial charge in [0.2, 0.25) is 0 Å². The number of carbonyl (C=O) groups excluding carboxylic acids is 1. The Bertz CT molecular complexity index is 600. The van der Waals surface area contributed by atoms with E-state index < -0.39 is 0 Å². The molecule has 10 nitrogen and oxygen atoms in total. The van der Waals surface area contributed by atoms with Gasteiger partial charge >= 0.3 is 6.03 Å². The molecular formula is C18H34N8O2S. The van der Waals surface area contributed by atoms with Crippen LogP contribution in [0.3, 0.4) is 0 Å². The van der Waals surface area contributed by atoms with Crippen molar-refractivity contribution in [1.82, 2.24) is 41.1 Å². The molecular weight excluding hydrogens is 392 g/mol. The molecule has 5 aliphatic rings. The van der Waals surface area contributed by atoms with E-state index in [2.05, 4.69) is 43.3 Å². The number of nitrogens with zero attached hydrogens (tertiary/aromatic N) is 2. The molecule has 2 amide bonds. The van der Waals surface area contributed by atoms with Crippen molar-refractivity contribution >= 4 is 18.0 Å².